The maximum Gasteiger partial charge on any atom is 0.335 e. The van der Waals surface area contributed by atoms with E-state index in [9.17, 15) is 4.79 Å². The van der Waals surface area contributed by atoms with E-state index in [1.807, 2.05) is 6.26 Å². The Balaban J connectivity index is 2.17. The van der Waals surface area contributed by atoms with E-state index in [1.165, 1.54) is 0 Å². The predicted octanol–water partition coefficient (Wildman–Crippen LogP) is 0.201. The molecule has 0 aliphatic carbocycles. The van der Waals surface area contributed by atoms with Gasteiger partial charge in [-0.15, -0.1) is 0 Å². The summed E-state index contributed by atoms with van der Waals surface area (Å²) in [5.74, 6) is -0.0502. The van der Waals surface area contributed by atoms with Gasteiger partial charge in [0.25, 0.3) is 0 Å². The summed E-state index contributed by atoms with van der Waals surface area (Å²) in [6.45, 7) is 0. The van der Waals surface area contributed by atoms with Crippen molar-refractivity contribution in [3.8, 4) is 0 Å². The van der Waals surface area contributed by atoms with E-state index in [2.05, 4.69) is 0 Å². The van der Waals surface area contributed by atoms with Crippen LogP contribution < -0.4 is 0 Å². The molecule has 0 aromatic rings. The average molecular weight is 148 g/mol. The minimum absolute atomic E-state index is 0.0301. The molecule has 52 valence electrons. The fourth-order valence-corrected chi connectivity index (χ4v) is 1.23. The Morgan fingerprint density at radius 3 is 2.89 bits per heavy atom. The van der Waals surface area contributed by atoms with Crippen molar-refractivity contribution in [1.82, 2.24) is 0 Å². The van der Waals surface area contributed by atoms with Gasteiger partial charge in [-0.1, -0.05) is 0 Å². The first-order valence-corrected chi connectivity index (χ1v) is 4.02. The van der Waals surface area contributed by atoms with Crippen LogP contribution in [-0.4, -0.2) is 35.3 Å². The lowest BCUT2D eigenvalue weighted by Crippen LogP contribution is -2.08. The summed E-state index contributed by atoms with van der Waals surface area (Å²) in [4.78, 5) is 10.1. The molecule has 0 bridgehead atoms. The fourth-order valence-electron chi connectivity index (χ4n) is 0.651. The van der Waals surface area contributed by atoms with Crippen molar-refractivity contribution in [2.75, 3.05) is 12.0 Å². The Bertz CT molecular complexity index is 125. The zero-order valence-electron chi connectivity index (χ0n) is 5.03. The van der Waals surface area contributed by atoms with Gasteiger partial charge < -0.3 is 9.84 Å². The minimum Gasteiger partial charge on any atom is -0.479 e. The highest BCUT2D eigenvalue weighted by atomic mass is 32.2. The lowest BCUT2D eigenvalue weighted by molar-refractivity contribution is -0.138. The molecule has 1 saturated heterocycles. The number of epoxide rings is 1. The van der Waals surface area contributed by atoms with Crippen LogP contribution in [0.5, 0.6) is 0 Å². The summed E-state index contributed by atoms with van der Waals surface area (Å²) in [6.07, 6.45) is 1.38. The first kappa shape index (κ1) is 6.89. The average Bonchev–Trinajstić information content (AvgIpc) is 2.47. The predicted molar refractivity (Wildman–Crippen MR) is 34.7 cm³/mol. The quantitative estimate of drug-likeness (QED) is 0.581. The van der Waals surface area contributed by atoms with Gasteiger partial charge >= 0.3 is 5.97 Å². The van der Waals surface area contributed by atoms with E-state index in [-0.39, 0.29) is 6.10 Å². The Morgan fingerprint density at radius 2 is 2.56 bits per heavy atom. The minimum atomic E-state index is -0.839. The van der Waals surface area contributed by atoms with E-state index < -0.39 is 12.1 Å². The summed E-state index contributed by atoms with van der Waals surface area (Å²) in [5, 5.41) is 8.32. The first-order valence-electron chi connectivity index (χ1n) is 2.63. The van der Waals surface area contributed by atoms with Gasteiger partial charge in [-0.2, -0.15) is 11.8 Å². The molecule has 0 saturated carbocycles. The molecule has 0 spiro atoms. The number of hydrogen-bond acceptors (Lipinski definition) is 3. The third-order valence-corrected chi connectivity index (χ3v) is 1.82. The molecule has 1 aliphatic heterocycles. The van der Waals surface area contributed by atoms with Crippen LogP contribution in [0.1, 0.15) is 0 Å². The summed E-state index contributed by atoms with van der Waals surface area (Å²) in [7, 11) is 0. The van der Waals surface area contributed by atoms with Crippen LogP contribution >= 0.6 is 11.8 Å². The SMILES string of the molecule is CSCC1OC1C(=O)O. The second kappa shape index (κ2) is 2.58. The van der Waals surface area contributed by atoms with Gasteiger partial charge in [-0.05, 0) is 6.26 Å². The molecule has 1 N–H and O–H groups in total. The Kier molecular flexibility index (Phi) is 1.97. The molecule has 9 heavy (non-hydrogen) atoms. The monoisotopic (exact) mass is 148 g/mol. The van der Waals surface area contributed by atoms with Crippen molar-refractivity contribution in [3.63, 3.8) is 0 Å². The molecule has 1 heterocycles. The fraction of sp³-hybridized carbons (Fsp3) is 0.800. The summed E-state index contributed by atoms with van der Waals surface area (Å²) in [6, 6.07) is 0. The molecule has 1 rings (SSSR count). The van der Waals surface area contributed by atoms with Gasteiger partial charge in [0, 0.05) is 5.75 Å². The van der Waals surface area contributed by atoms with Crippen LogP contribution in [-0.2, 0) is 9.53 Å². The van der Waals surface area contributed by atoms with Crippen molar-refractivity contribution in [2.24, 2.45) is 0 Å². The number of aliphatic carboxylic acids is 1. The number of thioether (sulfide) groups is 1. The smallest absolute Gasteiger partial charge is 0.335 e. The molecule has 3 nitrogen and oxygen atoms in total. The Labute approximate surface area is 57.4 Å². The van der Waals surface area contributed by atoms with E-state index in [4.69, 9.17) is 9.84 Å². The number of carbonyl (C=O) groups is 1. The maximum absolute atomic E-state index is 10.1. The highest BCUT2D eigenvalue weighted by Crippen LogP contribution is 2.24. The largest absolute Gasteiger partial charge is 0.479 e. The molecular weight excluding hydrogens is 140 g/mol. The van der Waals surface area contributed by atoms with E-state index in [0.29, 0.717) is 0 Å². The van der Waals surface area contributed by atoms with Gasteiger partial charge in [0.15, 0.2) is 6.10 Å². The molecule has 1 aliphatic rings. The normalized spacial score (nSPS) is 32.1. The molecule has 0 radical (unpaired) electrons. The van der Waals surface area contributed by atoms with Gasteiger partial charge in [0.1, 0.15) is 6.10 Å². The molecule has 4 heteroatoms. The molecular formula is C5H8O3S. The second-order valence-electron chi connectivity index (χ2n) is 1.89. The molecule has 2 atom stereocenters. The number of carboxylic acids is 1. The van der Waals surface area contributed by atoms with Gasteiger partial charge in [0.05, 0.1) is 0 Å². The van der Waals surface area contributed by atoms with Crippen LogP contribution in [0.25, 0.3) is 0 Å². The number of rotatable bonds is 3. The van der Waals surface area contributed by atoms with Crippen LogP contribution in [0.2, 0.25) is 0 Å². The molecule has 1 fully saturated rings. The topological polar surface area (TPSA) is 49.8 Å². The zero-order valence-corrected chi connectivity index (χ0v) is 5.85. The second-order valence-corrected chi connectivity index (χ2v) is 2.80. The Hall–Kier alpha value is -0.220. The number of ether oxygens (including phenoxy) is 1. The summed E-state index contributed by atoms with van der Waals surface area (Å²) < 4.78 is 4.80. The zero-order chi connectivity index (χ0) is 6.85. The van der Waals surface area contributed by atoms with Crippen molar-refractivity contribution in [3.05, 3.63) is 0 Å². The number of carboxylic acid groups (broad SMARTS) is 1. The summed E-state index contributed by atoms with van der Waals surface area (Å²) in [5.41, 5.74) is 0. The van der Waals surface area contributed by atoms with Crippen molar-refractivity contribution in [2.45, 2.75) is 12.2 Å². The van der Waals surface area contributed by atoms with Gasteiger partial charge in [-0.25, -0.2) is 4.79 Å². The van der Waals surface area contributed by atoms with E-state index in [0.717, 1.165) is 5.75 Å². The molecule has 0 aromatic carbocycles. The third-order valence-electron chi connectivity index (χ3n) is 1.16. The molecule has 2 unspecified atom stereocenters. The molecule has 0 amide bonds. The van der Waals surface area contributed by atoms with Crippen molar-refractivity contribution < 1.29 is 14.6 Å². The summed E-state index contributed by atoms with van der Waals surface area (Å²) >= 11 is 1.61. The van der Waals surface area contributed by atoms with E-state index >= 15 is 0 Å². The lowest BCUT2D eigenvalue weighted by atomic mass is 10.3. The first-order chi connectivity index (χ1) is 4.25. The van der Waals surface area contributed by atoms with Gasteiger partial charge in [-0.3, -0.25) is 0 Å². The standard InChI is InChI=1S/C5H8O3S/c1-9-2-3-4(8-3)5(6)7/h3-4H,2H2,1H3,(H,6,7). The highest BCUT2D eigenvalue weighted by Gasteiger charge is 2.44. The highest BCUT2D eigenvalue weighted by molar-refractivity contribution is 7.98. The van der Waals surface area contributed by atoms with Crippen molar-refractivity contribution >= 4 is 17.7 Å². The Morgan fingerprint density at radius 1 is 1.89 bits per heavy atom. The van der Waals surface area contributed by atoms with Gasteiger partial charge in [0.2, 0.25) is 0 Å². The van der Waals surface area contributed by atoms with Crippen LogP contribution in [0.4, 0.5) is 0 Å². The van der Waals surface area contributed by atoms with Crippen LogP contribution in [0, 0.1) is 0 Å². The molecule has 0 aromatic heterocycles. The number of hydrogen-bond donors (Lipinski definition) is 1. The van der Waals surface area contributed by atoms with Crippen molar-refractivity contribution in [1.29, 1.82) is 0 Å². The lowest BCUT2D eigenvalue weighted by Gasteiger charge is -1.84. The van der Waals surface area contributed by atoms with Crippen LogP contribution in [0.3, 0.4) is 0 Å². The van der Waals surface area contributed by atoms with E-state index in [1.54, 1.807) is 11.8 Å². The van der Waals surface area contributed by atoms with Crippen LogP contribution in [0.15, 0.2) is 0 Å². The maximum atomic E-state index is 10.1. The third kappa shape index (κ3) is 1.59.